The van der Waals surface area contributed by atoms with E-state index in [4.69, 9.17) is 5.73 Å². The summed E-state index contributed by atoms with van der Waals surface area (Å²) in [5, 5.41) is 0. The highest BCUT2D eigenvalue weighted by atomic mass is 19.1. The summed E-state index contributed by atoms with van der Waals surface area (Å²) in [6.45, 7) is 5.90. The van der Waals surface area contributed by atoms with E-state index in [1.165, 1.54) is 18.2 Å². The van der Waals surface area contributed by atoms with Gasteiger partial charge in [0, 0.05) is 18.8 Å². The molecule has 4 heteroatoms. The summed E-state index contributed by atoms with van der Waals surface area (Å²) in [6.07, 6.45) is 2.03. The number of carbonyl (C=O) groups excluding carboxylic acids is 1. The summed E-state index contributed by atoms with van der Waals surface area (Å²) >= 11 is 0. The highest BCUT2D eigenvalue weighted by Gasteiger charge is 2.26. The zero-order valence-corrected chi connectivity index (χ0v) is 11.5. The van der Waals surface area contributed by atoms with Gasteiger partial charge in [-0.3, -0.25) is 4.79 Å². The molecule has 2 N–H and O–H groups in total. The molecule has 0 saturated carbocycles. The molecule has 19 heavy (non-hydrogen) atoms. The van der Waals surface area contributed by atoms with Crippen LogP contribution in [-0.4, -0.2) is 23.9 Å². The summed E-state index contributed by atoms with van der Waals surface area (Å²) in [7, 11) is 0. The molecule has 0 bridgehead atoms. The third-order valence-corrected chi connectivity index (χ3v) is 4.02. The molecule has 1 heterocycles. The quantitative estimate of drug-likeness (QED) is 0.835. The van der Waals surface area contributed by atoms with Gasteiger partial charge in [0.05, 0.1) is 5.56 Å². The van der Waals surface area contributed by atoms with E-state index < -0.39 is 5.82 Å². The number of nitrogens with zero attached hydrogens (tertiary/aromatic N) is 1. The Labute approximate surface area is 113 Å². The number of amides is 1. The number of hydrogen-bond acceptors (Lipinski definition) is 2. The van der Waals surface area contributed by atoms with Gasteiger partial charge in [-0.1, -0.05) is 13.8 Å². The Morgan fingerprint density at radius 1 is 1.37 bits per heavy atom. The summed E-state index contributed by atoms with van der Waals surface area (Å²) < 4.78 is 13.2. The minimum Gasteiger partial charge on any atom is -0.398 e. The molecular formula is C15H21FN2O. The molecule has 1 fully saturated rings. The number of hydrogen-bond donors (Lipinski definition) is 1. The van der Waals surface area contributed by atoms with Gasteiger partial charge in [0.1, 0.15) is 5.82 Å². The van der Waals surface area contributed by atoms with E-state index in [-0.39, 0.29) is 11.5 Å². The maximum absolute atomic E-state index is 13.2. The fraction of sp³-hybridized carbons (Fsp3) is 0.533. The first kappa shape index (κ1) is 13.8. The van der Waals surface area contributed by atoms with Crippen molar-refractivity contribution in [1.82, 2.24) is 4.90 Å². The third kappa shape index (κ3) is 3.06. The second kappa shape index (κ2) is 5.59. The number of rotatable bonds is 2. The van der Waals surface area contributed by atoms with Gasteiger partial charge in [0.15, 0.2) is 0 Å². The van der Waals surface area contributed by atoms with E-state index in [0.29, 0.717) is 17.5 Å². The molecule has 104 valence electrons. The second-order valence-corrected chi connectivity index (χ2v) is 5.61. The Morgan fingerprint density at radius 3 is 2.58 bits per heavy atom. The molecule has 1 aromatic carbocycles. The topological polar surface area (TPSA) is 46.3 Å². The SMILES string of the molecule is CC(C)C1CCN(C(=O)c2cc(F)ccc2N)CC1. The molecule has 0 unspecified atom stereocenters. The summed E-state index contributed by atoms with van der Waals surface area (Å²) in [5.41, 5.74) is 6.38. The van der Waals surface area contributed by atoms with E-state index in [2.05, 4.69) is 13.8 Å². The Morgan fingerprint density at radius 2 is 2.00 bits per heavy atom. The average Bonchev–Trinajstić information content (AvgIpc) is 2.41. The van der Waals surface area contributed by atoms with Gasteiger partial charge < -0.3 is 10.6 Å². The van der Waals surface area contributed by atoms with Crippen molar-refractivity contribution in [3.63, 3.8) is 0 Å². The Hall–Kier alpha value is -1.58. The first-order valence-electron chi connectivity index (χ1n) is 6.83. The molecule has 0 aliphatic carbocycles. The third-order valence-electron chi connectivity index (χ3n) is 4.02. The van der Waals surface area contributed by atoms with Gasteiger partial charge >= 0.3 is 0 Å². The number of likely N-dealkylation sites (tertiary alicyclic amines) is 1. The molecule has 1 aliphatic rings. The highest BCUT2D eigenvalue weighted by Crippen LogP contribution is 2.26. The molecule has 0 atom stereocenters. The zero-order chi connectivity index (χ0) is 14.0. The van der Waals surface area contributed by atoms with Crippen LogP contribution in [0.5, 0.6) is 0 Å². The van der Waals surface area contributed by atoms with E-state index in [1.54, 1.807) is 4.90 Å². The largest absolute Gasteiger partial charge is 0.398 e. The van der Waals surface area contributed by atoms with Crippen LogP contribution in [0.3, 0.4) is 0 Å². The first-order valence-corrected chi connectivity index (χ1v) is 6.83. The summed E-state index contributed by atoms with van der Waals surface area (Å²) in [4.78, 5) is 14.1. The van der Waals surface area contributed by atoms with Crippen LogP contribution >= 0.6 is 0 Å². The number of nitrogens with two attached hydrogens (primary N) is 1. The molecule has 1 saturated heterocycles. The number of carbonyl (C=O) groups is 1. The normalized spacial score (nSPS) is 16.9. The van der Waals surface area contributed by atoms with Crippen LogP contribution in [0.4, 0.5) is 10.1 Å². The van der Waals surface area contributed by atoms with Crippen molar-refractivity contribution in [3.8, 4) is 0 Å². The van der Waals surface area contributed by atoms with Gasteiger partial charge in [0.25, 0.3) is 5.91 Å². The number of anilines is 1. The van der Waals surface area contributed by atoms with Gasteiger partial charge in [-0.25, -0.2) is 4.39 Å². The summed E-state index contributed by atoms with van der Waals surface area (Å²) in [5.74, 6) is 0.749. The van der Waals surface area contributed by atoms with E-state index in [9.17, 15) is 9.18 Å². The van der Waals surface area contributed by atoms with Crippen LogP contribution in [0, 0.1) is 17.7 Å². The van der Waals surface area contributed by atoms with Gasteiger partial charge in [-0.2, -0.15) is 0 Å². The first-order chi connectivity index (χ1) is 8.99. The van der Waals surface area contributed by atoms with Gasteiger partial charge in [0.2, 0.25) is 0 Å². The van der Waals surface area contributed by atoms with Crippen LogP contribution in [0.1, 0.15) is 37.0 Å². The van der Waals surface area contributed by atoms with Crippen molar-refractivity contribution in [1.29, 1.82) is 0 Å². The maximum atomic E-state index is 13.2. The second-order valence-electron chi connectivity index (χ2n) is 5.61. The van der Waals surface area contributed by atoms with Crippen LogP contribution in [0.15, 0.2) is 18.2 Å². The molecule has 1 aromatic rings. The minimum absolute atomic E-state index is 0.154. The molecular weight excluding hydrogens is 243 g/mol. The van der Waals surface area contributed by atoms with Crippen molar-refractivity contribution in [2.45, 2.75) is 26.7 Å². The van der Waals surface area contributed by atoms with Crippen molar-refractivity contribution < 1.29 is 9.18 Å². The average molecular weight is 264 g/mol. The van der Waals surface area contributed by atoms with Crippen LogP contribution < -0.4 is 5.73 Å². The van der Waals surface area contributed by atoms with Crippen LogP contribution in [-0.2, 0) is 0 Å². The van der Waals surface area contributed by atoms with Crippen LogP contribution in [0.25, 0.3) is 0 Å². The fourth-order valence-corrected chi connectivity index (χ4v) is 2.65. The molecule has 0 aromatic heterocycles. The van der Waals surface area contributed by atoms with Crippen molar-refractivity contribution in [2.75, 3.05) is 18.8 Å². The molecule has 1 amide bonds. The number of halogens is 1. The lowest BCUT2D eigenvalue weighted by Crippen LogP contribution is -2.39. The fourth-order valence-electron chi connectivity index (χ4n) is 2.65. The molecule has 2 rings (SSSR count). The molecule has 0 radical (unpaired) electrons. The van der Waals surface area contributed by atoms with Crippen molar-refractivity contribution in [2.24, 2.45) is 11.8 Å². The molecule has 1 aliphatic heterocycles. The van der Waals surface area contributed by atoms with Crippen molar-refractivity contribution >= 4 is 11.6 Å². The Kier molecular flexibility index (Phi) is 4.08. The standard InChI is InChI=1S/C15H21FN2O/c1-10(2)11-5-7-18(8-6-11)15(19)13-9-12(16)3-4-14(13)17/h3-4,9-11H,5-8,17H2,1-2H3. The summed E-state index contributed by atoms with van der Waals surface area (Å²) in [6, 6.07) is 3.95. The number of nitrogen functional groups attached to an aromatic ring is 1. The lowest BCUT2D eigenvalue weighted by atomic mass is 9.86. The van der Waals surface area contributed by atoms with Gasteiger partial charge in [-0.15, -0.1) is 0 Å². The lowest BCUT2D eigenvalue weighted by molar-refractivity contribution is 0.0668. The smallest absolute Gasteiger partial charge is 0.256 e. The van der Waals surface area contributed by atoms with Gasteiger partial charge in [-0.05, 0) is 42.9 Å². The Balaban J connectivity index is 2.07. The minimum atomic E-state index is -0.422. The van der Waals surface area contributed by atoms with E-state index in [1.807, 2.05) is 0 Å². The molecule has 3 nitrogen and oxygen atoms in total. The predicted octanol–water partition coefficient (Wildman–Crippen LogP) is 2.92. The Bertz CT molecular complexity index is 465. The van der Waals surface area contributed by atoms with Crippen LogP contribution in [0.2, 0.25) is 0 Å². The maximum Gasteiger partial charge on any atom is 0.256 e. The lowest BCUT2D eigenvalue weighted by Gasteiger charge is -2.34. The monoisotopic (exact) mass is 264 g/mol. The zero-order valence-electron chi connectivity index (χ0n) is 11.5. The highest BCUT2D eigenvalue weighted by molar-refractivity contribution is 5.99. The predicted molar refractivity (Wildman–Crippen MR) is 74.3 cm³/mol. The molecule has 0 spiro atoms. The van der Waals surface area contributed by atoms with E-state index in [0.717, 1.165) is 25.9 Å². The van der Waals surface area contributed by atoms with Crippen molar-refractivity contribution in [3.05, 3.63) is 29.6 Å². The number of benzene rings is 1. The van der Waals surface area contributed by atoms with E-state index >= 15 is 0 Å². The number of piperidine rings is 1.